The molecule has 1 fully saturated rings. The number of ether oxygens (including phenoxy) is 1. The van der Waals surface area contributed by atoms with Crippen LogP contribution in [-0.4, -0.2) is 55.0 Å². The number of aryl methyl sites for hydroxylation is 3. The van der Waals surface area contributed by atoms with Crippen LogP contribution in [0.25, 0.3) is 11.1 Å². The van der Waals surface area contributed by atoms with Crippen LogP contribution in [0, 0.1) is 20.8 Å². The molecule has 0 N–H and O–H groups in total. The summed E-state index contributed by atoms with van der Waals surface area (Å²) in [6.45, 7) is 6.67. The van der Waals surface area contributed by atoms with E-state index in [1.807, 2.05) is 19.1 Å². The highest BCUT2D eigenvalue weighted by Crippen LogP contribution is 2.26. The minimum Gasteiger partial charge on any atom is -0.368 e. The van der Waals surface area contributed by atoms with Crippen molar-refractivity contribution in [2.24, 2.45) is 0 Å². The highest BCUT2D eigenvalue weighted by Gasteiger charge is 2.27. The molecule has 3 aromatic rings. The average molecular weight is 420 g/mol. The fourth-order valence-corrected chi connectivity index (χ4v) is 3.73. The van der Waals surface area contributed by atoms with Gasteiger partial charge in [-0.1, -0.05) is 0 Å². The predicted octanol–water partition coefficient (Wildman–Crippen LogP) is 1.62. The summed E-state index contributed by atoms with van der Waals surface area (Å²) < 4.78 is 7.34. The third kappa shape index (κ3) is 4.66. The van der Waals surface area contributed by atoms with Crippen molar-refractivity contribution in [1.82, 2.24) is 29.4 Å². The van der Waals surface area contributed by atoms with Crippen molar-refractivity contribution in [3.63, 3.8) is 0 Å². The molecule has 0 unspecified atom stereocenters. The highest BCUT2D eigenvalue weighted by atomic mass is 16.5. The van der Waals surface area contributed by atoms with Crippen molar-refractivity contribution in [3.8, 4) is 11.1 Å². The van der Waals surface area contributed by atoms with Crippen molar-refractivity contribution in [2.75, 3.05) is 19.7 Å². The molecule has 4 heterocycles. The van der Waals surface area contributed by atoms with Crippen LogP contribution in [0.5, 0.6) is 0 Å². The van der Waals surface area contributed by atoms with Crippen LogP contribution < -0.4 is 5.69 Å². The third-order valence-electron chi connectivity index (χ3n) is 5.26. The molecule has 0 bridgehead atoms. The molecule has 31 heavy (non-hydrogen) atoms. The smallest absolute Gasteiger partial charge is 0.348 e. The fraction of sp³-hybridized carbons (Fsp3) is 0.364. The maximum atomic E-state index is 12.9. The molecule has 1 aliphatic rings. The number of carbonyl (C=O) groups excluding carboxylic acids is 1. The lowest BCUT2D eigenvalue weighted by Crippen LogP contribution is -2.45. The monoisotopic (exact) mass is 420 g/mol. The molecule has 9 nitrogen and oxygen atoms in total. The van der Waals surface area contributed by atoms with Gasteiger partial charge in [0.25, 0.3) is 0 Å². The molecule has 1 atom stereocenters. The summed E-state index contributed by atoms with van der Waals surface area (Å²) in [4.78, 5) is 43.6. The summed E-state index contributed by atoms with van der Waals surface area (Å²) in [7, 11) is 0. The molecule has 0 aliphatic carbocycles. The van der Waals surface area contributed by atoms with Gasteiger partial charge in [-0.3, -0.25) is 14.3 Å². The van der Waals surface area contributed by atoms with Crippen LogP contribution in [0.15, 0.2) is 41.7 Å². The van der Waals surface area contributed by atoms with Gasteiger partial charge in [-0.2, -0.15) is 4.98 Å². The number of nitrogens with zero attached hydrogens (tertiary/aromatic N) is 6. The molecule has 160 valence electrons. The van der Waals surface area contributed by atoms with E-state index >= 15 is 0 Å². The topological polar surface area (TPSA) is 103 Å². The second kappa shape index (κ2) is 8.73. The predicted molar refractivity (Wildman–Crippen MR) is 113 cm³/mol. The van der Waals surface area contributed by atoms with Crippen LogP contribution in [0.1, 0.15) is 28.9 Å². The first kappa shape index (κ1) is 20.8. The van der Waals surface area contributed by atoms with E-state index in [9.17, 15) is 9.59 Å². The first-order chi connectivity index (χ1) is 14.9. The lowest BCUT2D eigenvalue weighted by atomic mass is 10.1. The average Bonchev–Trinajstić information content (AvgIpc) is 2.76. The maximum Gasteiger partial charge on any atom is 0.348 e. The van der Waals surface area contributed by atoms with Gasteiger partial charge in [-0.15, -0.1) is 0 Å². The number of amides is 1. The summed E-state index contributed by atoms with van der Waals surface area (Å²) in [6, 6.07) is 5.71. The maximum absolute atomic E-state index is 12.9. The Morgan fingerprint density at radius 1 is 1.06 bits per heavy atom. The van der Waals surface area contributed by atoms with Crippen LogP contribution in [-0.2, 0) is 16.1 Å². The molecule has 1 saturated heterocycles. The zero-order valence-electron chi connectivity index (χ0n) is 17.8. The summed E-state index contributed by atoms with van der Waals surface area (Å²) in [5.74, 6) is -0.145. The molecule has 0 aromatic carbocycles. The highest BCUT2D eigenvalue weighted by molar-refractivity contribution is 5.76. The van der Waals surface area contributed by atoms with Crippen molar-refractivity contribution in [3.05, 3.63) is 70.2 Å². The Morgan fingerprint density at radius 3 is 2.55 bits per heavy atom. The van der Waals surface area contributed by atoms with E-state index in [4.69, 9.17) is 4.74 Å². The molecule has 9 heteroatoms. The van der Waals surface area contributed by atoms with Gasteiger partial charge in [-0.25, -0.2) is 14.8 Å². The van der Waals surface area contributed by atoms with Gasteiger partial charge >= 0.3 is 5.69 Å². The first-order valence-corrected chi connectivity index (χ1v) is 10.1. The quantitative estimate of drug-likeness (QED) is 0.632. The minimum atomic E-state index is -0.411. The Bertz CT molecular complexity index is 1160. The van der Waals surface area contributed by atoms with Gasteiger partial charge in [0, 0.05) is 41.6 Å². The van der Waals surface area contributed by atoms with E-state index < -0.39 is 5.69 Å². The van der Waals surface area contributed by atoms with E-state index in [0.717, 1.165) is 22.5 Å². The van der Waals surface area contributed by atoms with Gasteiger partial charge in [0.1, 0.15) is 19.0 Å². The lowest BCUT2D eigenvalue weighted by Gasteiger charge is -2.33. The molecular formula is C22H24N6O3. The van der Waals surface area contributed by atoms with Crippen LogP contribution >= 0.6 is 0 Å². The molecule has 1 amide bonds. The van der Waals surface area contributed by atoms with Gasteiger partial charge in [0.2, 0.25) is 5.91 Å². The summed E-state index contributed by atoms with van der Waals surface area (Å²) >= 11 is 0. The number of hydrogen-bond acceptors (Lipinski definition) is 7. The Balaban J connectivity index is 1.53. The SMILES string of the molecule is Cc1cc(-c2cncnc2)cc([C@@H]2CN(C(=O)Cn3c(C)cc(C)nc3=O)CCO2)n1. The standard InChI is InChI=1S/C22H24N6O3/c1-14-6-16(3)28(22(30)26-14)12-21(29)27-4-5-31-20(11-27)19-8-17(7-15(2)25-19)18-9-23-13-24-10-18/h6-10,13,20H,4-5,11-12H2,1-3H3/t20-/m0/s1. The zero-order chi connectivity index (χ0) is 22.0. The van der Waals surface area contributed by atoms with Crippen molar-refractivity contribution >= 4 is 5.91 Å². The Morgan fingerprint density at radius 2 is 1.81 bits per heavy atom. The van der Waals surface area contributed by atoms with E-state index in [1.165, 1.54) is 10.9 Å². The van der Waals surface area contributed by atoms with E-state index in [2.05, 4.69) is 19.9 Å². The van der Waals surface area contributed by atoms with Crippen LogP contribution in [0.4, 0.5) is 0 Å². The number of pyridine rings is 1. The van der Waals surface area contributed by atoms with Gasteiger partial charge < -0.3 is 9.64 Å². The number of morpholine rings is 1. The molecular weight excluding hydrogens is 396 g/mol. The third-order valence-corrected chi connectivity index (χ3v) is 5.26. The van der Waals surface area contributed by atoms with Gasteiger partial charge in [0.15, 0.2) is 0 Å². The first-order valence-electron chi connectivity index (χ1n) is 10.1. The number of carbonyl (C=O) groups is 1. The zero-order valence-corrected chi connectivity index (χ0v) is 17.8. The second-order valence-electron chi connectivity index (χ2n) is 7.66. The van der Waals surface area contributed by atoms with Crippen molar-refractivity contribution in [2.45, 2.75) is 33.4 Å². The number of hydrogen-bond donors (Lipinski definition) is 0. The van der Waals surface area contributed by atoms with E-state index in [1.54, 1.807) is 37.2 Å². The minimum absolute atomic E-state index is 0.0431. The Labute approximate surface area is 179 Å². The summed E-state index contributed by atoms with van der Waals surface area (Å²) in [5.41, 5.74) is 4.38. The molecule has 0 radical (unpaired) electrons. The molecule has 4 rings (SSSR count). The normalized spacial score (nSPS) is 16.4. The van der Waals surface area contributed by atoms with E-state index in [-0.39, 0.29) is 18.6 Å². The summed E-state index contributed by atoms with van der Waals surface area (Å²) in [6.07, 6.45) is 4.63. The largest absolute Gasteiger partial charge is 0.368 e. The fourth-order valence-electron chi connectivity index (χ4n) is 3.73. The van der Waals surface area contributed by atoms with Gasteiger partial charge in [0.05, 0.1) is 18.8 Å². The van der Waals surface area contributed by atoms with E-state index in [0.29, 0.717) is 31.1 Å². The molecule has 3 aromatic heterocycles. The van der Waals surface area contributed by atoms with Crippen molar-refractivity contribution in [1.29, 1.82) is 0 Å². The number of aromatic nitrogens is 5. The van der Waals surface area contributed by atoms with Crippen LogP contribution in [0.3, 0.4) is 0 Å². The Kier molecular flexibility index (Phi) is 5.85. The number of rotatable bonds is 4. The second-order valence-corrected chi connectivity index (χ2v) is 7.66. The molecule has 0 saturated carbocycles. The summed E-state index contributed by atoms with van der Waals surface area (Å²) in [5, 5.41) is 0. The van der Waals surface area contributed by atoms with Gasteiger partial charge in [-0.05, 0) is 44.5 Å². The Hall–Kier alpha value is -3.46. The lowest BCUT2D eigenvalue weighted by molar-refractivity contribution is -0.139. The molecule has 1 aliphatic heterocycles. The van der Waals surface area contributed by atoms with Crippen molar-refractivity contribution < 1.29 is 9.53 Å². The van der Waals surface area contributed by atoms with Crippen LogP contribution in [0.2, 0.25) is 0 Å². The molecule has 0 spiro atoms.